The van der Waals surface area contributed by atoms with Gasteiger partial charge in [-0.2, -0.15) is 5.26 Å². The Kier molecular flexibility index (Phi) is 3.52. The van der Waals surface area contributed by atoms with Crippen LogP contribution in [-0.4, -0.2) is 15.7 Å². The van der Waals surface area contributed by atoms with Crippen molar-refractivity contribution >= 4 is 5.82 Å². The maximum Gasteiger partial charge on any atom is 0.332 e. The molecular formula is C16H15FN4O2. The van der Waals surface area contributed by atoms with Crippen LogP contribution in [0.25, 0.3) is 0 Å². The van der Waals surface area contributed by atoms with Gasteiger partial charge < -0.3 is 4.90 Å². The number of hydrogen-bond acceptors (Lipinski definition) is 4. The summed E-state index contributed by atoms with van der Waals surface area (Å²) in [6.07, 6.45) is 0.690. The molecule has 1 saturated heterocycles. The largest absolute Gasteiger partial charge is 0.349 e. The Hall–Kier alpha value is -2.88. The molecule has 1 unspecified atom stereocenters. The van der Waals surface area contributed by atoms with Crippen molar-refractivity contribution in [2.45, 2.75) is 12.5 Å². The predicted molar refractivity (Wildman–Crippen MR) is 82.7 cm³/mol. The standard InChI is InChI=1S/C16H15FN4O2/c1-19-14(11(9-18)15(22)20(2)16(19)23)21-8-7-13(21)10-5-3-4-6-12(10)17/h3-6,13H,7-8H2,1-2H3. The first-order valence-corrected chi connectivity index (χ1v) is 7.18. The van der Waals surface area contributed by atoms with Crippen molar-refractivity contribution in [2.24, 2.45) is 14.1 Å². The average molecular weight is 314 g/mol. The second-order valence-electron chi connectivity index (χ2n) is 5.54. The summed E-state index contributed by atoms with van der Waals surface area (Å²) in [6.45, 7) is 0.550. The molecule has 23 heavy (non-hydrogen) atoms. The maximum absolute atomic E-state index is 14.0. The van der Waals surface area contributed by atoms with E-state index in [-0.39, 0.29) is 23.2 Å². The number of halogens is 1. The van der Waals surface area contributed by atoms with Gasteiger partial charge in [0, 0.05) is 26.2 Å². The molecule has 1 aliphatic rings. The van der Waals surface area contributed by atoms with Gasteiger partial charge in [0.05, 0.1) is 6.04 Å². The number of aromatic nitrogens is 2. The Morgan fingerprint density at radius 1 is 1.22 bits per heavy atom. The number of hydrogen-bond donors (Lipinski definition) is 0. The van der Waals surface area contributed by atoms with Gasteiger partial charge in [-0.25, -0.2) is 9.18 Å². The quantitative estimate of drug-likeness (QED) is 0.830. The van der Waals surface area contributed by atoms with Crippen LogP contribution in [0.5, 0.6) is 0 Å². The van der Waals surface area contributed by atoms with E-state index in [4.69, 9.17) is 0 Å². The van der Waals surface area contributed by atoms with E-state index >= 15 is 0 Å². The minimum atomic E-state index is -0.634. The van der Waals surface area contributed by atoms with Crippen LogP contribution in [0.15, 0.2) is 33.9 Å². The molecular weight excluding hydrogens is 299 g/mol. The molecule has 1 atom stereocenters. The monoisotopic (exact) mass is 314 g/mol. The van der Waals surface area contributed by atoms with E-state index in [1.54, 1.807) is 23.1 Å². The minimum absolute atomic E-state index is 0.101. The van der Waals surface area contributed by atoms with E-state index in [2.05, 4.69) is 0 Å². The van der Waals surface area contributed by atoms with Crippen LogP contribution < -0.4 is 16.1 Å². The zero-order valence-corrected chi connectivity index (χ0v) is 12.8. The van der Waals surface area contributed by atoms with Gasteiger partial charge >= 0.3 is 5.69 Å². The molecule has 1 aromatic heterocycles. The van der Waals surface area contributed by atoms with E-state index in [1.165, 1.54) is 24.7 Å². The van der Waals surface area contributed by atoms with Crippen molar-refractivity contribution < 1.29 is 4.39 Å². The van der Waals surface area contributed by atoms with Gasteiger partial charge in [0.25, 0.3) is 5.56 Å². The molecule has 0 aliphatic carbocycles. The highest BCUT2D eigenvalue weighted by atomic mass is 19.1. The molecule has 0 saturated carbocycles. The lowest BCUT2D eigenvalue weighted by Gasteiger charge is -2.43. The highest BCUT2D eigenvalue weighted by Crippen LogP contribution is 2.38. The van der Waals surface area contributed by atoms with Gasteiger partial charge in [0.1, 0.15) is 17.7 Å². The van der Waals surface area contributed by atoms with Crippen LogP contribution in [0.4, 0.5) is 10.2 Å². The summed E-state index contributed by atoms with van der Waals surface area (Å²) < 4.78 is 16.2. The molecule has 1 aromatic carbocycles. The molecule has 7 heteroatoms. The van der Waals surface area contributed by atoms with Crippen LogP contribution in [0.2, 0.25) is 0 Å². The average Bonchev–Trinajstić information content (AvgIpc) is 2.52. The molecule has 0 bridgehead atoms. The molecule has 2 aromatic rings. The highest BCUT2D eigenvalue weighted by molar-refractivity contribution is 5.57. The van der Waals surface area contributed by atoms with Crippen LogP contribution in [0, 0.1) is 17.1 Å². The molecule has 1 fully saturated rings. The fourth-order valence-electron chi connectivity index (χ4n) is 2.98. The Labute approximate surface area is 131 Å². The minimum Gasteiger partial charge on any atom is -0.349 e. The first kappa shape index (κ1) is 15.0. The zero-order valence-electron chi connectivity index (χ0n) is 12.8. The second kappa shape index (κ2) is 5.39. The number of nitrogens with zero attached hydrogens (tertiary/aromatic N) is 4. The third-order valence-corrected chi connectivity index (χ3v) is 4.30. The van der Waals surface area contributed by atoms with Gasteiger partial charge in [0.2, 0.25) is 0 Å². The van der Waals surface area contributed by atoms with Gasteiger partial charge in [-0.15, -0.1) is 0 Å². The Balaban J connectivity index is 2.17. The number of rotatable bonds is 2. The lowest BCUT2D eigenvalue weighted by molar-refractivity contribution is 0.431. The number of nitriles is 1. The van der Waals surface area contributed by atoms with Gasteiger partial charge in [-0.3, -0.25) is 13.9 Å². The lowest BCUT2D eigenvalue weighted by Crippen LogP contribution is -2.48. The van der Waals surface area contributed by atoms with Crippen LogP contribution in [0.1, 0.15) is 23.6 Å². The molecule has 1 aliphatic heterocycles. The fourth-order valence-corrected chi connectivity index (χ4v) is 2.98. The third-order valence-electron chi connectivity index (χ3n) is 4.30. The van der Waals surface area contributed by atoms with E-state index in [9.17, 15) is 19.2 Å². The number of benzene rings is 1. The molecule has 0 spiro atoms. The van der Waals surface area contributed by atoms with Crippen molar-refractivity contribution in [1.82, 2.24) is 9.13 Å². The van der Waals surface area contributed by atoms with Crippen molar-refractivity contribution in [2.75, 3.05) is 11.4 Å². The summed E-state index contributed by atoms with van der Waals surface area (Å²) in [5.41, 5.74) is -0.751. The third kappa shape index (κ3) is 2.14. The first-order chi connectivity index (χ1) is 11.0. The summed E-state index contributed by atoms with van der Waals surface area (Å²) in [6, 6.07) is 7.99. The molecule has 3 rings (SSSR count). The maximum atomic E-state index is 14.0. The molecule has 6 nitrogen and oxygen atoms in total. The summed E-state index contributed by atoms with van der Waals surface area (Å²) in [7, 11) is 2.84. The Morgan fingerprint density at radius 3 is 2.48 bits per heavy atom. The fraction of sp³-hybridized carbons (Fsp3) is 0.312. The summed E-state index contributed by atoms with van der Waals surface area (Å²) in [4.78, 5) is 26.1. The number of anilines is 1. The van der Waals surface area contributed by atoms with E-state index in [0.717, 1.165) is 4.57 Å². The topological polar surface area (TPSA) is 71.0 Å². The molecule has 0 amide bonds. The van der Waals surface area contributed by atoms with E-state index in [0.29, 0.717) is 18.5 Å². The predicted octanol–water partition coefficient (Wildman–Crippen LogP) is 1.05. The van der Waals surface area contributed by atoms with Crippen LogP contribution in [-0.2, 0) is 14.1 Å². The smallest absolute Gasteiger partial charge is 0.332 e. The highest BCUT2D eigenvalue weighted by Gasteiger charge is 2.35. The van der Waals surface area contributed by atoms with Gasteiger partial charge in [0.15, 0.2) is 5.56 Å². The molecule has 0 N–H and O–H groups in total. The Bertz CT molecular complexity index is 939. The van der Waals surface area contributed by atoms with Gasteiger partial charge in [-0.05, 0) is 12.5 Å². The Morgan fingerprint density at radius 2 is 1.91 bits per heavy atom. The van der Waals surface area contributed by atoms with Crippen LogP contribution >= 0.6 is 0 Å². The van der Waals surface area contributed by atoms with Crippen molar-refractivity contribution in [3.05, 3.63) is 62.0 Å². The van der Waals surface area contributed by atoms with Crippen LogP contribution in [0.3, 0.4) is 0 Å². The van der Waals surface area contributed by atoms with Gasteiger partial charge in [-0.1, -0.05) is 18.2 Å². The summed E-state index contributed by atoms with van der Waals surface area (Å²) in [5.74, 6) is -0.0883. The normalized spacial score (nSPS) is 16.8. The zero-order chi connectivity index (χ0) is 16.7. The first-order valence-electron chi connectivity index (χ1n) is 7.18. The van der Waals surface area contributed by atoms with Crippen molar-refractivity contribution in [3.8, 4) is 6.07 Å². The van der Waals surface area contributed by atoms with E-state index < -0.39 is 11.2 Å². The second-order valence-corrected chi connectivity index (χ2v) is 5.54. The molecule has 0 radical (unpaired) electrons. The van der Waals surface area contributed by atoms with Crippen molar-refractivity contribution in [3.63, 3.8) is 0 Å². The van der Waals surface area contributed by atoms with E-state index in [1.807, 2.05) is 6.07 Å². The SMILES string of the molecule is Cn1c(N2CCC2c2ccccc2F)c(C#N)c(=O)n(C)c1=O. The lowest BCUT2D eigenvalue weighted by atomic mass is 9.93. The molecule has 118 valence electrons. The summed E-state index contributed by atoms with van der Waals surface area (Å²) in [5, 5.41) is 9.34. The summed E-state index contributed by atoms with van der Waals surface area (Å²) >= 11 is 0. The van der Waals surface area contributed by atoms with Crippen molar-refractivity contribution in [1.29, 1.82) is 5.26 Å². The molecule has 2 heterocycles.